The van der Waals surface area contributed by atoms with Crippen LogP contribution < -0.4 is 5.32 Å². The van der Waals surface area contributed by atoms with Gasteiger partial charge in [-0.15, -0.1) is 11.3 Å². The summed E-state index contributed by atoms with van der Waals surface area (Å²) in [4.78, 5) is 4.95. The van der Waals surface area contributed by atoms with Crippen LogP contribution in [-0.4, -0.2) is 11.0 Å². The lowest BCUT2D eigenvalue weighted by Gasteiger charge is -2.25. The van der Waals surface area contributed by atoms with Crippen LogP contribution in [0.25, 0.3) is 0 Å². The fraction of sp³-hybridized carbons (Fsp3) is 0.824. The first kappa shape index (κ1) is 14.5. The van der Waals surface area contributed by atoms with Crippen molar-refractivity contribution in [2.45, 2.75) is 83.2 Å². The van der Waals surface area contributed by atoms with Crippen molar-refractivity contribution in [3.63, 3.8) is 0 Å². The highest BCUT2D eigenvalue weighted by molar-refractivity contribution is 7.09. The van der Waals surface area contributed by atoms with Crippen LogP contribution in [0.15, 0.2) is 5.38 Å². The van der Waals surface area contributed by atoms with E-state index in [1.54, 1.807) is 0 Å². The first-order valence-electron chi connectivity index (χ1n) is 8.45. The van der Waals surface area contributed by atoms with Crippen LogP contribution in [0.4, 0.5) is 0 Å². The summed E-state index contributed by atoms with van der Waals surface area (Å²) in [7, 11) is 0. The summed E-state index contributed by atoms with van der Waals surface area (Å²) in [6, 6.07) is 1.30. The van der Waals surface area contributed by atoms with Crippen molar-refractivity contribution < 1.29 is 0 Å². The van der Waals surface area contributed by atoms with Gasteiger partial charge >= 0.3 is 0 Å². The number of nitrogens with zero attached hydrogens (tertiary/aromatic N) is 1. The molecule has 0 radical (unpaired) electrons. The van der Waals surface area contributed by atoms with E-state index in [0.717, 1.165) is 12.0 Å². The Morgan fingerprint density at radius 3 is 2.35 bits per heavy atom. The standard InChI is InChI=1S/C17H28N2S/c1-12(2)15-11-20-17(19-15)16(18-14-9-10-14)13-7-5-3-4-6-8-13/h11-14,16,18H,3-10H2,1-2H3. The Morgan fingerprint density at radius 2 is 1.80 bits per heavy atom. The molecular weight excluding hydrogens is 264 g/mol. The SMILES string of the molecule is CC(C)c1csc(C(NC2CC2)C2CCCCCC2)n1. The zero-order valence-electron chi connectivity index (χ0n) is 12.9. The minimum Gasteiger partial charge on any atom is -0.305 e. The van der Waals surface area contributed by atoms with Crippen molar-refractivity contribution in [3.05, 3.63) is 16.1 Å². The minimum atomic E-state index is 0.526. The fourth-order valence-corrected chi connectivity index (χ4v) is 4.40. The second kappa shape index (κ2) is 6.57. The molecule has 20 heavy (non-hydrogen) atoms. The third-order valence-corrected chi connectivity index (χ3v) is 5.71. The van der Waals surface area contributed by atoms with Gasteiger partial charge in [0.1, 0.15) is 5.01 Å². The molecule has 1 aromatic heterocycles. The summed E-state index contributed by atoms with van der Waals surface area (Å²) in [6.07, 6.45) is 11.2. The van der Waals surface area contributed by atoms with E-state index >= 15 is 0 Å². The molecule has 112 valence electrons. The van der Waals surface area contributed by atoms with Gasteiger partial charge in [0.25, 0.3) is 0 Å². The second-order valence-corrected chi connectivity index (χ2v) is 7.83. The Morgan fingerprint density at radius 1 is 1.10 bits per heavy atom. The molecule has 1 N–H and O–H groups in total. The third kappa shape index (κ3) is 3.62. The Balaban J connectivity index is 1.76. The van der Waals surface area contributed by atoms with Gasteiger partial charge in [-0.05, 0) is 37.5 Å². The molecule has 3 rings (SSSR count). The van der Waals surface area contributed by atoms with Crippen molar-refractivity contribution in [3.8, 4) is 0 Å². The van der Waals surface area contributed by atoms with Crippen molar-refractivity contribution in [2.24, 2.45) is 5.92 Å². The normalized spacial score (nSPS) is 22.9. The lowest BCUT2D eigenvalue weighted by atomic mass is 9.92. The Kier molecular flexibility index (Phi) is 4.77. The molecule has 1 heterocycles. The maximum absolute atomic E-state index is 4.95. The fourth-order valence-electron chi connectivity index (χ4n) is 3.27. The lowest BCUT2D eigenvalue weighted by Crippen LogP contribution is -2.30. The largest absolute Gasteiger partial charge is 0.305 e. The van der Waals surface area contributed by atoms with Crippen LogP contribution in [-0.2, 0) is 0 Å². The molecule has 0 aromatic carbocycles. The van der Waals surface area contributed by atoms with Gasteiger partial charge in [0.2, 0.25) is 0 Å². The summed E-state index contributed by atoms with van der Waals surface area (Å²) in [5.41, 5.74) is 1.28. The monoisotopic (exact) mass is 292 g/mol. The quantitative estimate of drug-likeness (QED) is 0.770. The van der Waals surface area contributed by atoms with Gasteiger partial charge in [0, 0.05) is 11.4 Å². The van der Waals surface area contributed by atoms with Crippen LogP contribution in [0, 0.1) is 5.92 Å². The lowest BCUT2D eigenvalue weighted by molar-refractivity contribution is 0.322. The van der Waals surface area contributed by atoms with Gasteiger partial charge in [0.15, 0.2) is 0 Å². The van der Waals surface area contributed by atoms with E-state index in [1.807, 2.05) is 11.3 Å². The highest BCUT2D eigenvalue weighted by Gasteiger charge is 2.32. The smallest absolute Gasteiger partial charge is 0.110 e. The highest BCUT2D eigenvalue weighted by atomic mass is 32.1. The zero-order valence-corrected chi connectivity index (χ0v) is 13.7. The average Bonchev–Trinajstić information content (AvgIpc) is 3.17. The first-order chi connectivity index (χ1) is 9.74. The Bertz CT molecular complexity index is 414. The van der Waals surface area contributed by atoms with Crippen molar-refractivity contribution in [1.29, 1.82) is 0 Å². The van der Waals surface area contributed by atoms with Gasteiger partial charge < -0.3 is 5.32 Å². The summed E-state index contributed by atoms with van der Waals surface area (Å²) in [5, 5.41) is 7.54. The maximum atomic E-state index is 4.95. The van der Waals surface area contributed by atoms with E-state index in [-0.39, 0.29) is 0 Å². The number of aromatic nitrogens is 1. The number of thiazole rings is 1. The molecule has 0 spiro atoms. The molecule has 2 aliphatic rings. The molecule has 2 fully saturated rings. The molecule has 2 aliphatic carbocycles. The van der Waals surface area contributed by atoms with Gasteiger partial charge in [0.05, 0.1) is 11.7 Å². The molecule has 1 unspecified atom stereocenters. The molecule has 3 heteroatoms. The number of hydrogen-bond donors (Lipinski definition) is 1. The van der Waals surface area contributed by atoms with Gasteiger partial charge in [-0.3, -0.25) is 0 Å². The van der Waals surface area contributed by atoms with E-state index in [0.29, 0.717) is 12.0 Å². The maximum Gasteiger partial charge on any atom is 0.110 e. The molecule has 0 aliphatic heterocycles. The van der Waals surface area contributed by atoms with Gasteiger partial charge in [-0.25, -0.2) is 4.98 Å². The van der Waals surface area contributed by atoms with Gasteiger partial charge in [-0.2, -0.15) is 0 Å². The number of rotatable bonds is 5. The predicted molar refractivity (Wildman–Crippen MR) is 86.3 cm³/mol. The first-order valence-corrected chi connectivity index (χ1v) is 9.33. The summed E-state index contributed by atoms with van der Waals surface area (Å²) >= 11 is 1.88. The van der Waals surface area contributed by atoms with E-state index in [9.17, 15) is 0 Å². The average molecular weight is 292 g/mol. The van der Waals surface area contributed by atoms with E-state index in [2.05, 4.69) is 24.5 Å². The van der Waals surface area contributed by atoms with Crippen LogP contribution in [0.1, 0.15) is 87.9 Å². The molecule has 1 aromatic rings. The van der Waals surface area contributed by atoms with Crippen LogP contribution in [0.2, 0.25) is 0 Å². The van der Waals surface area contributed by atoms with Gasteiger partial charge in [-0.1, -0.05) is 39.5 Å². The second-order valence-electron chi connectivity index (χ2n) is 6.94. The van der Waals surface area contributed by atoms with Crippen LogP contribution in [0.3, 0.4) is 0 Å². The van der Waals surface area contributed by atoms with E-state index in [4.69, 9.17) is 4.98 Å². The zero-order chi connectivity index (χ0) is 13.9. The van der Waals surface area contributed by atoms with Crippen molar-refractivity contribution in [2.75, 3.05) is 0 Å². The van der Waals surface area contributed by atoms with Crippen LogP contribution >= 0.6 is 11.3 Å². The van der Waals surface area contributed by atoms with E-state index in [1.165, 1.54) is 62.1 Å². The summed E-state index contributed by atoms with van der Waals surface area (Å²) < 4.78 is 0. The third-order valence-electron chi connectivity index (χ3n) is 4.76. The van der Waals surface area contributed by atoms with Crippen molar-refractivity contribution >= 4 is 11.3 Å². The molecular formula is C17H28N2S. The Hall–Kier alpha value is -0.410. The molecule has 0 amide bonds. The van der Waals surface area contributed by atoms with E-state index < -0.39 is 0 Å². The Labute approximate surface area is 127 Å². The summed E-state index contributed by atoms with van der Waals surface area (Å²) in [6.45, 7) is 4.49. The highest BCUT2D eigenvalue weighted by Crippen LogP contribution is 2.37. The molecule has 0 bridgehead atoms. The molecule has 0 saturated heterocycles. The minimum absolute atomic E-state index is 0.526. The predicted octanol–water partition coefficient (Wildman–Crippen LogP) is 5.03. The topological polar surface area (TPSA) is 24.9 Å². The molecule has 1 atom stereocenters. The molecule has 2 nitrogen and oxygen atoms in total. The van der Waals surface area contributed by atoms with Crippen molar-refractivity contribution in [1.82, 2.24) is 10.3 Å². The molecule has 2 saturated carbocycles. The summed E-state index contributed by atoms with van der Waals surface area (Å²) in [5.74, 6) is 1.36. The number of hydrogen-bond acceptors (Lipinski definition) is 3. The number of nitrogens with one attached hydrogen (secondary N) is 1. The van der Waals surface area contributed by atoms with Crippen LogP contribution in [0.5, 0.6) is 0 Å².